The van der Waals surface area contributed by atoms with Gasteiger partial charge in [0.05, 0.1) is 7.11 Å². The molecule has 0 aromatic rings. The first-order valence-corrected chi connectivity index (χ1v) is 4.33. The lowest BCUT2D eigenvalue weighted by atomic mass is 9.99. The van der Waals surface area contributed by atoms with Crippen LogP contribution in [0.5, 0.6) is 0 Å². The molecule has 15 heavy (non-hydrogen) atoms. The molecule has 7 heteroatoms. The molecule has 0 radical (unpaired) electrons. The Kier molecular flexibility index (Phi) is 4.00. The molecule has 7 nitrogen and oxygen atoms in total. The Morgan fingerprint density at radius 3 is 2.27 bits per heavy atom. The largest absolute Gasteiger partial charge is 0.467 e. The lowest BCUT2D eigenvalue weighted by Crippen LogP contribution is -2.60. The summed E-state index contributed by atoms with van der Waals surface area (Å²) >= 11 is 0. The fraction of sp³-hybridized carbons (Fsp3) is 0.875. The molecule has 0 amide bonds. The molecule has 5 atom stereocenters. The van der Waals surface area contributed by atoms with Crippen molar-refractivity contribution in [2.75, 3.05) is 14.2 Å². The van der Waals surface area contributed by atoms with Crippen molar-refractivity contribution in [3.8, 4) is 0 Å². The van der Waals surface area contributed by atoms with E-state index in [0.29, 0.717) is 0 Å². The highest BCUT2D eigenvalue weighted by Gasteiger charge is 2.47. The Morgan fingerprint density at radius 2 is 1.80 bits per heavy atom. The number of hydrogen-bond donors (Lipinski definition) is 3. The van der Waals surface area contributed by atoms with Gasteiger partial charge in [0, 0.05) is 7.11 Å². The van der Waals surface area contributed by atoms with Crippen molar-refractivity contribution >= 4 is 5.97 Å². The predicted molar refractivity (Wildman–Crippen MR) is 45.7 cm³/mol. The van der Waals surface area contributed by atoms with E-state index in [1.54, 1.807) is 0 Å². The number of hydrogen-bond acceptors (Lipinski definition) is 7. The number of carbonyl (C=O) groups excluding carboxylic acids is 1. The second-order valence-electron chi connectivity index (χ2n) is 3.15. The maximum Gasteiger partial charge on any atom is 0.337 e. The molecule has 0 aliphatic carbocycles. The zero-order chi connectivity index (χ0) is 11.6. The van der Waals surface area contributed by atoms with Crippen molar-refractivity contribution in [2.24, 2.45) is 0 Å². The molecule has 1 aliphatic heterocycles. The van der Waals surface area contributed by atoms with E-state index in [0.717, 1.165) is 7.11 Å². The molecule has 1 saturated heterocycles. The smallest absolute Gasteiger partial charge is 0.337 e. The van der Waals surface area contributed by atoms with Gasteiger partial charge in [-0.05, 0) is 0 Å². The molecule has 0 aromatic carbocycles. The second kappa shape index (κ2) is 4.86. The summed E-state index contributed by atoms with van der Waals surface area (Å²) in [4.78, 5) is 11.2. The first-order valence-electron chi connectivity index (χ1n) is 4.33. The standard InChI is InChI=1S/C8H14O7/c1-13-5-3(9)4(10)7(11)15-6(5)8(12)14-2/h3-7,9-11H,1-2H3/t3-,4-,5+,6+,7-/m1/s1. The van der Waals surface area contributed by atoms with E-state index in [4.69, 9.17) is 9.47 Å². The lowest BCUT2D eigenvalue weighted by molar-refractivity contribution is -0.284. The van der Waals surface area contributed by atoms with Crippen LogP contribution in [0, 0.1) is 0 Å². The number of ether oxygens (including phenoxy) is 3. The Morgan fingerprint density at radius 1 is 1.20 bits per heavy atom. The van der Waals surface area contributed by atoms with E-state index >= 15 is 0 Å². The molecule has 0 unspecified atom stereocenters. The molecular formula is C8H14O7. The van der Waals surface area contributed by atoms with Crippen LogP contribution in [-0.4, -0.2) is 66.2 Å². The highest BCUT2D eigenvalue weighted by atomic mass is 16.7. The number of aliphatic hydroxyl groups is 3. The number of aliphatic hydroxyl groups excluding tert-OH is 3. The maximum atomic E-state index is 11.2. The van der Waals surface area contributed by atoms with Gasteiger partial charge < -0.3 is 29.5 Å². The summed E-state index contributed by atoms with van der Waals surface area (Å²) < 4.78 is 14.0. The van der Waals surface area contributed by atoms with Crippen molar-refractivity contribution < 1.29 is 34.3 Å². The number of carbonyl (C=O) groups is 1. The van der Waals surface area contributed by atoms with Crippen LogP contribution >= 0.6 is 0 Å². The Hall–Kier alpha value is -0.730. The SMILES string of the molecule is COC(=O)[C@H]1O[C@@H](O)[C@H](O)[C@@H](O)[C@@H]1OC. The lowest BCUT2D eigenvalue weighted by Gasteiger charge is -2.38. The van der Waals surface area contributed by atoms with Gasteiger partial charge >= 0.3 is 5.97 Å². The van der Waals surface area contributed by atoms with Crippen LogP contribution in [0.3, 0.4) is 0 Å². The summed E-state index contributed by atoms with van der Waals surface area (Å²) in [7, 11) is 2.39. The highest BCUT2D eigenvalue weighted by Crippen LogP contribution is 2.22. The molecule has 1 heterocycles. The quantitative estimate of drug-likeness (QED) is 0.448. The summed E-state index contributed by atoms with van der Waals surface area (Å²) in [6, 6.07) is 0. The van der Waals surface area contributed by atoms with Crippen molar-refractivity contribution in [1.82, 2.24) is 0 Å². The average Bonchev–Trinajstić information content (AvgIpc) is 2.24. The molecule has 0 spiro atoms. The van der Waals surface area contributed by atoms with Crippen LogP contribution in [0.4, 0.5) is 0 Å². The van der Waals surface area contributed by atoms with Gasteiger partial charge in [-0.15, -0.1) is 0 Å². The molecule has 0 bridgehead atoms. The molecule has 1 fully saturated rings. The van der Waals surface area contributed by atoms with Gasteiger partial charge in [-0.1, -0.05) is 0 Å². The number of methoxy groups -OCH3 is 2. The van der Waals surface area contributed by atoms with E-state index in [1.165, 1.54) is 7.11 Å². The molecule has 88 valence electrons. The van der Waals surface area contributed by atoms with Gasteiger partial charge in [0.15, 0.2) is 12.4 Å². The minimum absolute atomic E-state index is 0.785. The zero-order valence-electron chi connectivity index (χ0n) is 8.36. The monoisotopic (exact) mass is 222 g/mol. The normalized spacial score (nSPS) is 41.3. The van der Waals surface area contributed by atoms with Gasteiger partial charge in [0.1, 0.15) is 18.3 Å². The van der Waals surface area contributed by atoms with Crippen LogP contribution in [0.1, 0.15) is 0 Å². The van der Waals surface area contributed by atoms with Crippen LogP contribution in [0.25, 0.3) is 0 Å². The van der Waals surface area contributed by atoms with E-state index in [2.05, 4.69) is 4.74 Å². The van der Waals surface area contributed by atoms with Crippen LogP contribution < -0.4 is 0 Å². The fourth-order valence-electron chi connectivity index (χ4n) is 1.42. The number of esters is 1. The Labute approximate surface area is 86.2 Å². The third-order valence-electron chi connectivity index (χ3n) is 2.27. The number of rotatable bonds is 2. The summed E-state index contributed by atoms with van der Waals surface area (Å²) in [5, 5.41) is 27.9. The van der Waals surface area contributed by atoms with Gasteiger partial charge in [0.2, 0.25) is 0 Å². The average molecular weight is 222 g/mol. The van der Waals surface area contributed by atoms with E-state index in [-0.39, 0.29) is 0 Å². The van der Waals surface area contributed by atoms with E-state index in [1.807, 2.05) is 0 Å². The second-order valence-corrected chi connectivity index (χ2v) is 3.15. The van der Waals surface area contributed by atoms with Crippen molar-refractivity contribution in [1.29, 1.82) is 0 Å². The first-order chi connectivity index (χ1) is 7.02. The fourth-order valence-corrected chi connectivity index (χ4v) is 1.42. The molecule has 1 aliphatic rings. The van der Waals surface area contributed by atoms with Crippen molar-refractivity contribution in [2.45, 2.75) is 30.7 Å². The van der Waals surface area contributed by atoms with Crippen molar-refractivity contribution in [3.63, 3.8) is 0 Å². The summed E-state index contributed by atoms with van der Waals surface area (Å²) in [6.07, 6.45) is -6.90. The Bertz CT molecular complexity index is 231. The zero-order valence-corrected chi connectivity index (χ0v) is 8.36. The molecule has 3 N–H and O–H groups in total. The maximum absolute atomic E-state index is 11.2. The highest BCUT2D eigenvalue weighted by molar-refractivity contribution is 5.75. The van der Waals surface area contributed by atoms with Gasteiger partial charge in [-0.3, -0.25) is 0 Å². The van der Waals surface area contributed by atoms with Gasteiger partial charge in [0.25, 0.3) is 0 Å². The molecule has 1 rings (SSSR count). The van der Waals surface area contributed by atoms with Gasteiger partial charge in [-0.25, -0.2) is 4.79 Å². The van der Waals surface area contributed by atoms with Gasteiger partial charge in [-0.2, -0.15) is 0 Å². The molecular weight excluding hydrogens is 208 g/mol. The minimum Gasteiger partial charge on any atom is -0.467 e. The first kappa shape index (κ1) is 12.3. The Balaban J connectivity index is 2.82. The van der Waals surface area contributed by atoms with E-state index < -0.39 is 36.7 Å². The topological polar surface area (TPSA) is 105 Å². The molecule has 0 aromatic heterocycles. The van der Waals surface area contributed by atoms with E-state index in [9.17, 15) is 20.1 Å². The van der Waals surface area contributed by atoms with Crippen LogP contribution in [0.15, 0.2) is 0 Å². The van der Waals surface area contributed by atoms with Crippen LogP contribution in [0.2, 0.25) is 0 Å². The minimum atomic E-state index is -1.64. The third kappa shape index (κ3) is 2.27. The predicted octanol–water partition coefficient (Wildman–Crippen LogP) is -2.39. The van der Waals surface area contributed by atoms with Crippen molar-refractivity contribution in [3.05, 3.63) is 0 Å². The summed E-state index contributed by atoms with van der Waals surface area (Å²) in [5.41, 5.74) is 0. The summed E-state index contributed by atoms with van der Waals surface area (Å²) in [5.74, 6) is -0.785. The molecule has 0 saturated carbocycles. The summed E-state index contributed by atoms with van der Waals surface area (Å²) in [6.45, 7) is 0. The third-order valence-corrected chi connectivity index (χ3v) is 2.27. The van der Waals surface area contributed by atoms with Crippen LogP contribution in [-0.2, 0) is 19.0 Å².